The van der Waals surface area contributed by atoms with E-state index in [4.69, 9.17) is 4.42 Å². The summed E-state index contributed by atoms with van der Waals surface area (Å²) in [6.07, 6.45) is 0. The van der Waals surface area contributed by atoms with Crippen LogP contribution in [0.3, 0.4) is 0 Å². The average Bonchev–Trinajstić information content (AvgIpc) is 3.23. The minimum Gasteiger partial charge on any atom is -0.419 e. The van der Waals surface area contributed by atoms with Crippen LogP contribution in [0.1, 0.15) is 18.4 Å². The van der Waals surface area contributed by atoms with Gasteiger partial charge in [0, 0.05) is 11.3 Å². The Balaban J connectivity index is 1.56. The number of hydrogen-bond donors (Lipinski definition) is 0. The first-order chi connectivity index (χ1) is 13.0. The molecule has 1 aliphatic heterocycles. The summed E-state index contributed by atoms with van der Waals surface area (Å²) in [5.41, 5.74) is 2.55. The lowest BCUT2D eigenvalue weighted by Gasteiger charge is -2.19. The molecule has 1 fully saturated rings. The lowest BCUT2D eigenvalue weighted by Crippen LogP contribution is -2.33. The molecule has 2 aromatic carbocycles. The molecular weight excluding hydrogens is 344 g/mol. The van der Waals surface area contributed by atoms with Crippen molar-refractivity contribution >= 4 is 17.6 Å². The second-order valence-corrected chi connectivity index (χ2v) is 6.46. The number of benzene rings is 2. The number of carbonyl (C=O) groups excluding carboxylic acids is 2. The number of rotatable bonds is 4. The highest BCUT2D eigenvalue weighted by molar-refractivity contribution is 6.13. The third-order valence-corrected chi connectivity index (χ3v) is 4.54. The van der Waals surface area contributed by atoms with Crippen LogP contribution >= 0.6 is 0 Å². The van der Waals surface area contributed by atoms with Crippen molar-refractivity contribution in [3.63, 3.8) is 0 Å². The number of carbonyl (C=O) groups is 2. The van der Waals surface area contributed by atoms with Gasteiger partial charge in [0.25, 0.3) is 5.91 Å². The van der Waals surface area contributed by atoms with Crippen LogP contribution in [0.25, 0.3) is 11.5 Å². The maximum atomic E-state index is 12.8. The molecule has 1 aliphatic rings. The number of aryl methyl sites for hydroxylation is 1. The van der Waals surface area contributed by atoms with Gasteiger partial charge in [-0.1, -0.05) is 35.9 Å². The number of nitrogens with zero attached hydrogens (tertiary/aromatic N) is 4. The normalized spacial score (nSPS) is 17.0. The number of hydrogen-bond acceptors (Lipinski definition) is 5. The van der Waals surface area contributed by atoms with Crippen LogP contribution in [-0.2, 0) is 11.3 Å². The van der Waals surface area contributed by atoms with Gasteiger partial charge in [-0.25, -0.2) is 4.79 Å². The Hall–Kier alpha value is -3.48. The quantitative estimate of drug-likeness (QED) is 0.665. The third-order valence-electron chi connectivity index (χ3n) is 4.54. The van der Waals surface area contributed by atoms with E-state index in [1.54, 1.807) is 6.92 Å². The molecule has 1 aromatic heterocycles. The van der Waals surface area contributed by atoms with Gasteiger partial charge in [-0.15, -0.1) is 10.2 Å². The fraction of sp³-hybridized carbons (Fsp3) is 0.200. The van der Waals surface area contributed by atoms with Gasteiger partial charge in [-0.2, -0.15) is 0 Å². The number of aromatic nitrogens is 2. The SMILES string of the molecule is Cc1ccc(N2C(=O)N(Cc3nnc(-c4ccccc4)o3)C(=O)[C@@H]2C)cc1. The van der Waals surface area contributed by atoms with Crippen LogP contribution in [0.15, 0.2) is 59.0 Å². The highest BCUT2D eigenvalue weighted by Gasteiger charge is 2.43. The first-order valence-corrected chi connectivity index (χ1v) is 8.63. The van der Waals surface area contributed by atoms with Gasteiger partial charge in [0.1, 0.15) is 12.6 Å². The van der Waals surface area contributed by atoms with Crippen molar-refractivity contribution in [1.29, 1.82) is 0 Å². The van der Waals surface area contributed by atoms with Gasteiger partial charge in [0.05, 0.1) is 0 Å². The number of imide groups is 1. The smallest absolute Gasteiger partial charge is 0.332 e. The third kappa shape index (κ3) is 3.08. The molecule has 2 heterocycles. The standard InChI is InChI=1S/C20H18N4O3/c1-13-8-10-16(11-9-13)24-14(2)19(25)23(20(24)26)12-17-21-22-18(27-17)15-6-4-3-5-7-15/h3-11,14H,12H2,1-2H3/t14-/m0/s1. The predicted molar refractivity (Wildman–Crippen MR) is 98.8 cm³/mol. The fourth-order valence-corrected chi connectivity index (χ4v) is 3.06. The fourth-order valence-electron chi connectivity index (χ4n) is 3.06. The maximum absolute atomic E-state index is 12.8. The first-order valence-electron chi connectivity index (χ1n) is 8.63. The Morgan fingerprint density at radius 3 is 2.41 bits per heavy atom. The molecule has 0 unspecified atom stereocenters. The molecule has 136 valence electrons. The van der Waals surface area contributed by atoms with Crippen LogP contribution in [-0.4, -0.2) is 33.1 Å². The largest absolute Gasteiger partial charge is 0.419 e. The summed E-state index contributed by atoms with van der Waals surface area (Å²) in [4.78, 5) is 28.1. The molecule has 3 aromatic rings. The molecule has 3 amide bonds. The first kappa shape index (κ1) is 17.0. The Labute approximate surface area is 156 Å². The van der Waals surface area contributed by atoms with E-state index in [9.17, 15) is 9.59 Å². The molecule has 0 radical (unpaired) electrons. The van der Waals surface area contributed by atoms with Crippen molar-refractivity contribution in [3.05, 3.63) is 66.1 Å². The van der Waals surface area contributed by atoms with E-state index in [1.807, 2.05) is 61.5 Å². The van der Waals surface area contributed by atoms with E-state index in [0.29, 0.717) is 11.6 Å². The summed E-state index contributed by atoms with van der Waals surface area (Å²) >= 11 is 0. The summed E-state index contributed by atoms with van der Waals surface area (Å²) in [5, 5.41) is 7.98. The maximum Gasteiger partial charge on any atom is 0.332 e. The molecule has 0 bridgehead atoms. The van der Waals surface area contributed by atoms with Gasteiger partial charge in [0.2, 0.25) is 11.8 Å². The lowest BCUT2D eigenvalue weighted by atomic mass is 10.2. The summed E-state index contributed by atoms with van der Waals surface area (Å²) in [5.74, 6) is 0.279. The van der Waals surface area contributed by atoms with Crippen molar-refractivity contribution in [1.82, 2.24) is 15.1 Å². The Kier molecular flexibility index (Phi) is 4.19. The van der Waals surface area contributed by atoms with E-state index >= 15 is 0 Å². The second-order valence-electron chi connectivity index (χ2n) is 6.46. The lowest BCUT2D eigenvalue weighted by molar-refractivity contribution is -0.127. The predicted octanol–water partition coefficient (Wildman–Crippen LogP) is 3.40. The zero-order chi connectivity index (χ0) is 19.0. The van der Waals surface area contributed by atoms with Gasteiger partial charge in [-0.05, 0) is 38.1 Å². The van der Waals surface area contributed by atoms with Gasteiger partial charge in [0.15, 0.2) is 0 Å². The van der Waals surface area contributed by atoms with Crippen LogP contribution in [0, 0.1) is 6.92 Å². The van der Waals surface area contributed by atoms with E-state index < -0.39 is 12.1 Å². The minimum atomic E-state index is -0.586. The van der Waals surface area contributed by atoms with E-state index in [0.717, 1.165) is 16.0 Å². The van der Waals surface area contributed by atoms with Crippen LogP contribution in [0.4, 0.5) is 10.5 Å². The topological polar surface area (TPSA) is 79.5 Å². The second kappa shape index (κ2) is 6.68. The zero-order valence-corrected chi connectivity index (χ0v) is 15.0. The van der Waals surface area contributed by atoms with E-state index in [1.165, 1.54) is 4.90 Å². The summed E-state index contributed by atoms with van der Waals surface area (Å²) in [6.45, 7) is 3.63. The van der Waals surface area contributed by atoms with Gasteiger partial charge in [-0.3, -0.25) is 14.6 Å². The molecule has 1 saturated heterocycles. The molecule has 0 N–H and O–H groups in total. The van der Waals surface area contributed by atoms with Crippen molar-refractivity contribution in [3.8, 4) is 11.5 Å². The van der Waals surface area contributed by atoms with Crippen LogP contribution < -0.4 is 4.90 Å². The Bertz CT molecular complexity index is 982. The molecule has 0 spiro atoms. The Morgan fingerprint density at radius 2 is 1.70 bits per heavy atom. The highest BCUT2D eigenvalue weighted by Crippen LogP contribution is 2.27. The molecule has 0 saturated carbocycles. The average molecular weight is 362 g/mol. The molecule has 7 heteroatoms. The van der Waals surface area contributed by atoms with Crippen LogP contribution in [0.2, 0.25) is 0 Å². The number of amides is 3. The summed E-state index contributed by atoms with van der Waals surface area (Å²) in [7, 11) is 0. The minimum absolute atomic E-state index is 0.0514. The van der Waals surface area contributed by atoms with Crippen molar-refractivity contribution < 1.29 is 14.0 Å². The summed E-state index contributed by atoms with van der Waals surface area (Å²) < 4.78 is 5.63. The van der Waals surface area contributed by atoms with Crippen LogP contribution in [0.5, 0.6) is 0 Å². The molecule has 0 aliphatic carbocycles. The number of urea groups is 1. The summed E-state index contributed by atoms with van der Waals surface area (Å²) in [6, 6.07) is 15.8. The molecule has 1 atom stereocenters. The van der Waals surface area contributed by atoms with Crippen molar-refractivity contribution in [2.75, 3.05) is 4.90 Å². The molecule has 7 nitrogen and oxygen atoms in total. The van der Waals surface area contributed by atoms with Gasteiger partial charge < -0.3 is 4.42 Å². The van der Waals surface area contributed by atoms with Crippen molar-refractivity contribution in [2.45, 2.75) is 26.4 Å². The Morgan fingerprint density at radius 1 is 1.00 bits per heavy atom. The number of anilines is 1. The van der Waals surface area contributed by atoms with Gasteiger partial charge >= 0.3 is 6.03 Å². The van der Waals surface area contributed by atoms with E-state index in [-0.39, 0.29) is 18.3 Å². The van der Waals surface area contributed by atoms with E-state index in [2.05, 4.69) is 10.2 Å². The molecule has 27 heavy (non-hydrogen) atoms. The molecular formula is C20H18N4O3. The van der Waals surface area contributed by atoms with Crippen molar-refractivity contribution in [2.24, 2.45) is 0 Å². The highest BCUT2D eigenvalue weighted by atomic mass is 16.4. The monoisotopic (exact) mass is 362 g/mol. The zero-order valence-electron chi connectivity index (χ0n) is 15.0. The molecule has 4 rings (SSSR count).